The monoisotopic (exact) mass is 496 g/mol. The van der Waals surface area contributed by atoms with E-state index in [1.54, 1.807) is 32.0 Å². The van der Waals surface area contributed by atoms with E-state index in [1.165, 1.54) is 37.4 Å². The van der Waals surface area contributed by atoms with E-state index in [0.717, 1.165) is 16.2 Å². The first-order valence-corrected chi connectivity index (χ1v) is 11.4. The van der Waals surface area contributed by atoms with Crippen LogP contribution in [0.25, 0.3) is 5.76 Å². The Bertz CT molecular complexity index is 1350. The number of hydrogen-bond donors (Lipinski definition) is 1. The summed E-state index contributed by atoms with van der Waals surface area (Å²) >= 11 is 0.853. The highest BCUT2D eigenvalue weighted by molar-refractivity contribution is 7.17. The molecule has 1 atom stereocenters. The maximum atomic E-state index is 15.0. The van der Waals surface area contributed by atoms with Gasteiger partial charge in [-0.1, -0.05) is 29.5 Å². The molecule has 0 unspecified atom stereocenters. The second kappa shape index (κ2) is 9.67. The van der Waals surface area contributed by atoms with Crippen LogP contribution in [0.5, 0.6) is 5.75 Å². The van der Waals surface area contributed by atoms with Crippen molar-refractivity contribution in [2.75, 3.05) is 18.6 Å². The minimum absolute atomic E-state index is 0.00713. The zero-order chi connectivity index (χ0) is 25.3. The number of ether oxygens (including phenoxy) is 2. The van der Waals surface area contributed by atoms with Gasteiger partial charge in [-0.15, -0.1) is 0 Å². The van der Waals surface area contributed by atoms with E-state index in [2.05, 4.69) is 4.98 Å². The average molecular weight is 497 g/mol. The number of rotatable bonds is 6. The first-order chi connectivity index (χ1) is 16.8. The van der Waals surface area contributed by atoms with Gasteiger partial charge in [0.15, 0.2) is 5.13 Å². The van der Waals surface area contributed by atoms with Crippen molar-refractivity contribution in [2.24, 2.45) is 0 Å². The number of benzene rings is 2. The largest absolute Gasteiger partial charge is 0.507 e. The third-order valence-corrected chi connectivity index (χ3v) is 6.60. The topological polar surface area (TPSA) is 106 Å². The third-order valence-electron chi connectivity index (χ3n) is 5.46. The minimum atomic E-state index is -1.31. The van der Waals surface area contributed by atoms with E-state index in [4.69, 9.17) is 9.47 Å². The molecule has 1 fully saturated rings. The first-order valence-electron chi connectivity index (χ1n) is 10.6. The number of ketones is 1. The van der Waals surface area contributed by atoms with Crippen LogP contribution < -0.4 is 9.64 Å². The summed E-state index contributed by atoms with van der Waals surface area (Å²) in [7, 11) is 1.49. The predicted octanol–water partition coefficient (Wildman–Crippen LogP) is 4.40. The van der Waals surface area contributed by atoms with Gasteiger partial charge in [0, 0.05) is 11.1 Å². The Labute approximate surface area is 204 Å². The summed E-state index contributed by atoms with van der Waals surface area (Å²) in [6.45, 7) is 3.37. The van der Waals surface area contributed by atoms with Gasteiger partial charge in [0.1, 0.15) is 28.2 Å². The molecule has 0 aliphatic carbocycles. The Morgan fingerprint density at radius 1 is 1.17 bits per heavy atom. The second-order valence-corrected chi connectivity index (χ2v) is 8.53. The molecule has 0 radical (unpaired) electrons. The van der Waals surface area contributed by atoms with Gasteiger partial charge in [-0.05, 0) is 44.2 Å². The molecule has 10 heteroatoms. The number of halogens is 1. The van der Waals surface area contributed by atoms with Crippen LogP contribution in [0.1, 0.15) is 39.5 Å². The van der Waals surface area contributed by atoms with Crippen molar-refractivity contribution in [3.63, 3.8) is 0 Å². The molecule has 1 aliphatic heterocycles. The number of anilines is 1. The molecule has 3 aromatic rings. The fourth-order valence-corrected chi connectivity index (χ4v) is 4.78. The van der Waals surface area contributed by atoms with Crippen molar-refractivity contribution >= 4 is 39.9 Å². The van der Waals surface area contributed by atoms with Crippen LogP contribution in [-0.2, 0) is 14.3 Å². The highest BCUT2D eigenvalue weighted by Crippen LogP contribution is 2.44. The van der Waals surface area contributed by atoms with E-state index in [1.807, 2.05) is 0 Å². The summed E-state index contributed by atoms with van der Waals surface area (Å²) in [6, 6.07) is 10.5. The van der Waals surface area contributed by atoms with Crippen LogP contribution in [0.4, 0.5) is 9.52 Å². The van der Waals surface area contributed by atoms with Crippen molar-refractivity contribution in [3.8, 4) is 5.75 Å². The van der Waals surface area contributed by atoms with Crippen LogP contribution in [0, 0.1) is 12.7 Å². The van der Waals surface area contributed by atoms with Gasteiger partial charge in [-0.3, -0.25) is 14.5 Å². The first kappa shape index (κ1) is 24.1. The molecule has 2 aromatic carbocycles. The van der Waals surface area contributed by atoms with Gasteiger partial charge in [-0.25, -0.2) is 14.2 Å². The molecule has 4 rings (SSSR count). The molecular weight excluding hydrogens is 475 g/mol. The van der Waals surface area contributed by atoms with Gasteiger partial charge >= 0.3 is 11.9 Å². The van der Waals surface area contributed by atoms with Crippen LogP contribution in [0.3, 0.4) is 0 Å². The van der Waals surface area contributed by atoms with Crippen molar-refractivity contribution in [1.82, 2.24) is 4.98 Å². The number of aliphatic hydroxyl groups is 1. The van der Waals surface area contributed by atoms with Crippen LogP contribution in [-0.4, -0.2) is 41.5 Å². The zero-order valence-corrected chi connectivity index (χ0v) is 19.9. The fourth-order valence-electron chi connectivity index (χ4n) is 3.80. The molecule has 2 heterocycles. The standard InChI is InChI=1S/C25H21FN2O6S/c1-4-34-24(32)22-13(2)27-25(35-22)28-19(16-7-5-6-8-17(16)26)18(21(30)23(28)31)20(29)14-9-11-15(33-3)12-10-14/h5-12,19,29H,4H2,1-3H3/t19-/m0/s1. The van der Waals surface area contributed by atoms with E-state index in [9.17, 15) is 23.9 Å². The van der Waals surface area contributed by atoms with Crippen LogP contribution >= 0.6 is 11.3 Å². The molecule has 0 bridgehead atoms. The molecular formula is C25H21FN2O6S. The van der Waals surface area contributed by atoms with Gasteiger partial charge in [-0.2, -0.15) is 0 Å². The Kier molecular flexibility index (Phi) is 6.65. The summed E-state index contributed by atoms with van der Waals surface area (Å²) in [6.07, 6.45) is 0. The minimum Gasteiger partial charge on any atom is -0.507 e. The number of carbonyl (C=O) groups excluding carboxylic acids is 3. The Hall–Kier alpha value is -4.05. The van der Waals surface area contributed by atoms with E-state index >= 15 is 0 Å². The van der Waals surface area contributed by atoms with Crippen molar-refractivity contribution in [3.05, 3.63) is 81.6 Å². The van der Waals surface area contributed by atoms with E-state index in [0.29, 0.717) is 11.4 Å². The number of aryl methyl sites for hydroxylation is 1. The Morgan fingerprint density at radius 3 is 2.49 bits per heavy atom. The fraction of sp³-hybridized carbons (Fsp3) is 0.200. The molecule has 180 valence electrons. The number of aromatic nitrogens is 1. The van der Waals surface area contributed by atoms with Crippen molar-refractivity contribution in [2.45, 2.75) is 19.9 Å². The number of esters is 1. The number of nitrogens with zero attached hydrogens (tertiary/aromatic N) is 2. The Balaban J connectivity index is 1.91. The lowest BCUT2D eigenvalue weighted by atomic mass is 9.95. The Morgan fingerprint density at radius 2 is 1.86 bits per heavy atom. The molecule has 8 nitrogen and oxygen atoms in total. The summed E-state index contributed by atoms with van der Waals surface area (Å²) in [5.41, 5.74) is 0.239. The van der Waals surface area contributed by atoms with Crippen LogP contribution in [0.15, 0.2) is 54.1 Å². The third kappa shape index (κ3) is 4.28. The highest BCUT2D eigenvalue weighted by atomic mass is 32.1. The number of carbonyl (C=O) groups is 3. The number of Topliss-reactive ketones (excluding diaryl/α,β-unsaturated/α-hetero) is 1. The van der Waals surface area contributed by atoms with Crippen LogP contribution in [0.2, 0.25) is 0 Å². The van der Waals surface area contributed by atoms with E-state index < -0.39 is 35.3 Å². The summed E-state index contributed by atoms with van der Waals surface area (Å²) in [4.78, 5) is 44.2. The number of methoxy groups -OCH3 is 1. The van der Waals surface area contributed by atoms with Crippen molar-refractivity contribution in [1.29, 1.82) is 0 Å². The number of hydrogen-bond acceptors (Lipinski definition) is 8. The molecule has 1 amide bonds. The number of amides is 1. The lowest BCUT2D eigenvalue weighted by Crippen LogP contribution is -2.29. The average Bonchev–Trinajstić information content (AvgIpc) is 3.36. The molecule has 1 N–H and O–H groups in total. The van der Waals surface area contributed by atoms with Crippen molar-refractivity contribution < 1.29 is 33.4 Å². The van der Waals surface area contributed by atoms with Gasteiger partial charge in [0.05, 0.1) is 25.0 Å². The lowest BCUT2D eigenvalue weighted by Gasteiger charge is -2.23. The molecule has 35 heavy (non-hydrogen) atoms. The van der Waals surface area contributed by atoms with Gasteiger partial charge < -0.3 is 14.6 Å². The number of aliphatic hydroxyl groups excluding tert-OH is 1. The maximum Gasteiger partial charge on any atom is 0.350 e. The predicted molar refractivity (Wildman–Crippen MR) is 127 cm³/mol. The smallest absolute Gasteiger partial charge is 0.350 e. The summed E-state index contributed by atoms with van der Waals surface area (Å²) in [5, 5.41) is 11.1. The summed E-state index contributed by atoms with van der Waals surface area (Å²) < 4.78 is 25.1. The molecule has 0 saturated carbocycles. The molecule has 1 aromatic heterocycles. The quantitative estimate of drug-likeness (QED) is 0.233. The van der Waals surface area contributed by atoms with E-state index in [-0.39, 0.29) is 33.3 Å². The zero-order valence-electron chi connectivity index (χ0n) is 19.1. The number of thiazole rings is 1. The lowest BCUT2D eigenvalue weighted by molar-refractivity contribution is -0.132. The molecule has 1 saturated heterocycles. The maximum absolute atomic E-state index is 15.0. The summed E-state index contributed by atoms with van der Waals surface area (Å²) in [5.74, 6) is -3.25. The molecule has 1 aliphatic rings. The normalized spacial score (nSPS) is 17.0. The second-order valence-electron chi connectivity index (χ2n) is 7.55. The van der Waals surface area contributed by atoms with Gasteiger partial charge in [0.25, 0.3) is 5.78 Å². The SMILES string of the molecule is CCOC(=O)c1sc(N2C(=O)C(=O)C(=C(O)c3ccc(OC)cc3)[C@@H]2c2ccccc2F)nc1C. The molecule has 0 spiro atoms. The van der Waals surface area contributed by atoms with Gasteiger partial charge in [0.2, 0.25) is 0 Å². The highest BCUT2D eigenvalue weighted by Gasteiger charge is 2.49.